The fourth-order valence-electron chi connectivity index (χ4n) is 2.01. The van der Waals surface area contributed by atoms with Crippen LogP contribution in [0.3, 0.4) is 0 Å². The Balaban J connectivity index is 1.94. The molecule has 0 radical (unpaired) electrons. The summed E-state index contributed by atoms with van der Waals surface area (Å²) in [4.78, 5) is 0. The van der Waals surface area contributed by atoms with Gasteiger partial charge in [-0.25, -0.2) is 13.6 Å². The molecule has 0 unspecified atom stereocenters. The second-order valence-corrected chi connectivity index (χ2v) is 7.37. The third kappa shape index (κ3) is 4.51. The van der Waals surface area contributed by atoms with Crippen molar-refractivity contribution in [3.63, 3.8) is 0 Å². The minimum absolute atomic E-state index is 0.104. The van der Waals surface area contributed by atoms with Crippen LogP contribution < -0.4 is 10.5 Å². The second kappa shape index (κ2) is 5.95. The fraction of sp³-hybridized carbons (Fsp3) is 0.500. The highest BCUT2D eigenvalue weighted by molar-refractivity contribution is 7.99. The van der Waals surface area contributed by atoms with Gasteiger partial charge < -0.3 is 5.32 Å². The van der Waals surface area contributed by atoms with Gasteiger partial charge in [-0.05, 0) is 42.0 Å². The van der Waals surface area contributed by atoms with Crippen molar-refractivity contribution in [3.8, 4) is 0 Å². The van der Waals surface area contributed by atoms with Gasteiger partial charge in [-0.3, -0.25) is 0 Å². The third-order valence-electron chi connectivity index (χ3n) is 2.91. The molecule has 0 spiro atoms. The molecule has 0 aliphatic carbocycles. The van der Waals surface area contributed by atoms with E-state index >= 15 is 0 Å². The number of nitrogens with one attached hydrogen (secondary N) is 1. The van der Waals surface area contributed by atoms with E-state index in [0.717, 1.165) is 11.3 Å². The van der Waals surface area contributed by atoms with E-state index in [-0.39, 0.29) is 5.75 Å². The van der Waals surface area contributed by atoms with Gasteiger partial charge in [0, 0.05) is 11.7 Å². The third-order valence-corrected chi connectivity index (χ3v) is 4.70. The first-order chi connectivity index (χ1) is 8.53. The summed E-state index contributed by atoms with van der Waals surface area (Å²) in [5.41, 5.74) is 1.77. The van der Waals surface area contributed by atoms with E-state index in [1.165, 1.54) is 24.3 Å². The van der Waals surface area contributed by atoms with Crippen molar-refractivity contribution in [1.82, 2.24) is 0 Å². The first kappa shape index (κ1) is 13.7. The number of sulfonamides is 1. The first-order valence-corrected chi connectivity index (χ1v) is 8.84. The van der Waals surface area contributed by atoms with Gasteiger partial charge in [0.05, 0.1) is 5.75 Å². The molecule has 0 aromatic heterocycles. The molecule has 0 atom stereocenters. The van der Waals surface area contributed by atoms with Crippen LogP contribution in [0.2, 0.25) is 0 Å². The van der Waals surface area contributed by atoms with Gasteiger partial charge in [0.25, 0.3) is 0 Å². The van der Waals surface area contributed by atoms with Crippen LogP contribution in [0.4, 0.5) is 5.69 Å². The Bertz CT molecular complexity index is 479. The predicted octanol–water partition coefficient (Wildman–Crippen LogP) is 1.78. The molecule has 6 heteroatoms. The summed E-state index contributed by atoms with van der Waals surface area (Å²) in [5, 5.41) is 8.49. The molecule has 1 heterocycles. The molecule has 0 saturated carbocycles. The number of nitrogens with two attached hydrogens (primary N) is 1. The van der Waals surface area contributed by atoms with Crippen LogP contribution in [0.25, 0.3) is 0 Å². The quantitative estimate of drug-likeness (QED) is 0.885. The molecule has 100 valence electrons. The fourth-order valence-corrected chi connectivity index (χ4v) is 3.77. The van der Waals surface area contributed by atoms with Crippen molar-refractivity contribution in [1.29, 1.82) is 0 Å². The van der Waals surface area contributed by atoms with Gasteiger partial charge in [0.2, 0.25) is 10.0 Å². The lowest BCUT2D eigenvalue weighted by atomic mass is 10.1. The van der Waals surface area contributed by atoms with Crippen molar-refractivity contribution in [2.45, 2.75) is 24.6 Å². The SMILES string of the molecule is NS(=O)(=O)Cc1ccc(NC2CCSCC2)cc1. The average Bonchev–Trinajstić information content (AvgIpc) is 2.31. The number of primary sulfonamides is 1. The van der Waals surface area contributed by atoms with Crippen LogP contribution in [0.15, 0.2) is 24.3 Å². The molecule has 1 aliphatic rings. The summed E-state index contributed by atoms with van der Waals surface area (Å²) in [5.74, 6) is 2.32. The summed E-state index contributed by atoms with van der Waals surface area (Å²) in [7, 11) is -3.44. The van der Waals surface area contributed by atoms with Crippen LogP contribution in [-0.4, -0.2) is 26.0 Å². The molecule has 18 heavy (non-hydrogen) atoms. The van der Waals surface area contributed by atoms with E-state index < -0.39 is 10.0 Å². The highest BCUT2D eigenvalue weighted by atomic mass is 32.2. The molecule has 1 aliphatic heterocycles. The van der Waals surface area contributed by atoms with Crippen LogP contribution in [0, 0.1) is 0 Å². The molecule has 1 fully saturated rings. The summed E-state index contributed by atoms with van der Waals surface area (Å²) < 4.78 is 21.9. The van der Waals surface area contributed by atoms with Crippen molar-refractivity contribution in [3.05, 3.63) is 29.8 Å². The van der Waals surface area contributed by atoms with Gasteiger partial charge in [0.15, 0.2) is 0 Å². The molecule has 1 aromatic rings. The second-order valence-electron chi connectivity index (χ2n) is 4.54. The van der Waals surface area contributed by atoms with E-state index in [0.29, 0.717) is 6.04 Å². The molecule has 4 nitrogen and oxygen atoms in total. The van der Waals surface area contributed by atoms with Crippen LogP contribution in [0.1, 0.15) is 18.4 Å². The van der Waals surface area contributed by atoms with Gasteiger partial charge in [-0.1, -0.05) is 12.1 Å². The Morgan fingerprint density at radius 3 is 2.39 bits per heavy atom. The number of thioether (sulfide) groups is 1. The van der Waals surface area contributed by atoms with E-state index in [4.69, 9.17) is 5.14 Å². The number of hydrogen-bond donors (Lipinski definition) is 2. The summed E-state index contributed by atoms with van der Waals surface area (Å²) in [6.45, 7) is 0. The minimum Gasteiger partial charge on any atom is -0.382 e. The Kier molecular flexibility index (Phi) is 4.53. The van der Waals surface area contributed by atoms with Gasteiger partial charge in [-0.15, -0.1) is 0 Å². The zero-order chi connectivity index (χ0) is 13.0. The van der Waals surface area contributed by atoms with E-state index in [9.17, 15) is 8.42 Å². The predicted molar refractivity (Wildman–Crippen MR) is 77.2 cm³/mol. The Morgan fingerprint density at radius 1 is 1.22 bits per heavy atom. The number of anilines is 1. The molecule has 0 bridgehead atoms. The Morgan fingerprint density at radius 2 is 1.83 bits per heavy atom. The summed E-state index contributed by atoms with van der Waals surface area (Å²) >= 11 is 2.00. The van der Waals surface area contributed by atoms with E-state index in [2.05, 4.69) is 5.32 Å². The van der Waals surface area contributed by atoms with Crippen LogP contribution in [-0.2, 0) is 15.8 Å². The van der Waals surface area contributed by atoms with Crippen molar-refractivity contribution in [2.24, 2.45) is 5.14 Å². The van der Waals surface area contributed by atoms with Gasteiger partial charge >= 0.3 is 0 Å². The first-order valence-electron chi connectivity index (χ1n) is 5.97. The molecular weight excluding hydrogens is 268 g/mol. The zero-order valence-electron chi connectivity index (χ0n) is 10.1. The summed E-state index contributed by atoms with van der Waals surface area (Å²) in [6.07, 6.45) is 2.37. The summed E-state index contributed by atoms with van der Waals surface area (Å²) in [6, 6.07) is 7.99. The van der Waals surface area contributed by atoms with Gasteiger partial charge in [0.1, 0.15) is 0 Å². The lowest BCUT2D eigenvalue weighted by Gasteiger charge is -2.23. The standard InChI is InChI=1S/C12H18N2O2S2/c13-18(15,16)9-10-1-3-11(4-2-10)14-12-5-7-17-8-6-12/h1-4,12,14H,5-9H2,(H2,13,15,16). The topological polar surface area (TPSA) is 72.2 Å². The maximum atomic E-state index is 11.0. The zero-order valence-corrected chi connectivity index (χ0v) is 11.8. The number of hydrogen-bond acceptors (Lipinski definition) is 4. The largest absolute Gasteiger partial charge is 0.382 e. The molecule has 1 aromatic carbocycles. The van der Waals surface area contributed by atoms with Crippen molar-refractivity contribution >= 4 is 27.5 Å². The van der Waals surface area contributed by atoms with Crippen LogP contribution in [0.5, 0.6) is 0 Å². The monoisotopic (exact) mass is 286 g/mol. The molecule has 1 saturated heterocycles. The van der Waals surface area contributed by atoms with Crippen molar-refractivity contribution in [2.75, 3.05) is 16.8 Å². The minimum atomic E-state index is -3.44. The maximum Gasteiger partial charge on any atom is 0.213 e. The van der Waals surface area contributed by atoms with Gasteiger partial charge in [-0.2, -0.15) is 11.8 Å². The van der Waals surface area contributed by atoms with Crippen LogP contribution >= 0.6 is 11.8 Å². The maximum absolute atomic E-state index is 11.0. The normalized spacial score (nSPS) is 17.6. The van der Waals surface area contributed by atoms with E-state index in [1.807, 2.05) is 36.0 Å². The highest BCUT2D eigenvalue weighted by Crippen LogP contribution is 2.21. The van der Waals surface area contributed by atoms with Crippen molar-refractivity contribution < 1.29 is 8.42 Å². The molecule has 3 N–H and O–H groups in total. The lowest BCUT2D eigenvalue weighted by molar-refractivity contribution is 0.597. The average molecular weight is 286 g/mol. The molecular formula is C12H18N2O2S2. The number of benzene rings is 1. The lowest BCUT2D eigenvalue weighted by Crippen LogP contribution is -2.24. The van der Waals surface area contributed by atoms with E-state index in [1.54, 1.807) is 0 Å². The molecule has 2 rings (SSSR count). The Hall–Kier alpha value is -0.720. The smallest absolute Gasteiger partial charge is 0.213 e. The molecule has 0 amide bonds. The number of rotatable bonds is 4. The Labute approximate surface area is 112 Å². The highest BCUT2D eigenvalue weighted by Gasteiger charge is 2.13.